The molecule has 2 N–H and O–H groups in total. The Morgan fingerprint density at radius 1 is 1.31 bits per heavy atom. The number of piperidine rings is 1. The summed E-state index contributed by atoms with van der Waals surface area (Å²) in [6.45, 7) is 2.79. The van der Waals surface area contributed by atoms with Gasteiger partial charge in [-0.2, -0.15) is 0 Å². The monoisotopic (exact) mass is 364 g/mol. The van der Waals surface area contributed by atoms with Gasteiger partial charge >= 0.3 is 18.0 Å². The second kappa shape index (κ2) is 9.07. The molecule has 1 aliphatic heterocycles. The lowest BCUT2D eigenvalue weighted by molar-refractivity contribution is -0.144. The van der Waals surface area contributed by atoms with Gasteiger partial charge in [0.1, 0.15) is 5.75 Å². The third-order valence-electron chi connectivity index (χ3n) is 4.22. The van der Waals surface area contributed by atoms with Crippen LogP contribution in [0.4, 0.5) is 4.79 Å². The predicted molar refractivity (Wildman–Crippen MR) is 92.7 cm³/mol. The Balaban J connectivity index is 1.88. The molecule has 0 radical (unpaired) electrons. The first kappa shape index (κ1) is 19.6. The Bertz CT molecular complexity index is 663. The summed E-state index contributed by atoms with van der Waals surface area (Å²) >= 11 is 0. The molecule has 1 aromatic rings. The number of hydrogen-bond donors (Lipinski definition) is 2. The fraction of sp³-hybridized carbons (Fsp3) is 0.500. The number of nitrogens with one attached hydrogen (secondary N) is 1. The van der Waals surface area contributed by atoms with Crippen LogP contribution in [-0.4, -0.2) is 54.8 Å². The molecule has 0 aromatic heterocycles. The SMILES string of the molecule is COC(=O)COc1cccc(CNC(=O)N2CC(C)CC(C(=O)O)C2)c1. The molecule has 142 valence electrons. The average molecular weight is 364 g/mol. The number of benzene rings is 1. The molecule has 1 aromatic carbocycles. The van der Waals surface area contributed by atoms with Crippen molar-refractivity contribution in [3.05, 3.63) is 29.8 Å². The number of carbonyl (C=O) groups is 3. The van der Waals surface area contributed by atoms with Crippen LogP contribution in [0.5, 0.6) is 5.75 Å². The highest BCUT2D eigenvalue weighted by molar-refractivity contribution is 5.76. The fourth-order valence-electron chi connectivity index (χ4n) is 2.93. The van der Waals surface area contributed by atoms with Crippen molar-refractivity contribution < 1.29 is 29.0 Å². The zero-order chi connectivity index (χ0) is 19.1. The number of carboxylic acids is 1. The second-order valence-corrected chi connectivity index (χ2v) is 6.45. The Hall–Kier alpha value is -2.77. The largest absolute Gasteiger partial charge is 0.482 e. The van der Waals surface area contributed by atoms with Gasteiger partial charge in [-0.1, -0.05) is 19.1 Å². The van der Waals surface area contributed by atoms with Gasteiger partial charge in [0.25, 0.3) is 0 Å². The van der Waals surface area contributed by atoms with Crippen molar-refractivity contribution in [1.82, 2.24) is 10.2 Å². The van der Waals surface area contributed by atoms with Crippen molar-refractivity contribution in [1.29, 1.82) is 0 Å². The van der Waals surface area contributed by atoms with Gasteiger partial charge in [0.2, 0.25) is 0 Å². The molecule has 1 heterocycles. The topological polar surface area (TPSA) is 105 Å². The summed E-state index contributed by atoms with van der Waals surface area (Å²) in [5.74, 6) is -1.23. The molecule has 0 spiro atoms. The first-order valence-electron chi connectivity index (χ1n) is 8.43. The molecule has 8 nitrogen and oxygen atoms in total. The highest BCUT2D eigenvalue weighted by atomic mass is 16.6. The quantitative estimate of drug-likeness (QED) is 0.741. The van der Waals surface area contributed by atoms with Crippen molar-refractivity contribution >= 4 is 18.0 Å². The summed E-state index contributed by atoms with van der Waals surface area (Å²) in [5.41, 5.74) is 0.806. The molecule has 1 aliphatic rings. The minimum atomic E-state index is -0.871. The number of aliphatic carboxylic acids is 1. The smallest absolute Gasteiger partial charge is 0.343 e. The number of likely N-dealkylation sites (tertiary alicyclic amines) is 1. The first-order valence-corrected chi connectivity index (χ1v) is 8.43. The molecule has 1 saturated heterocycles. The first-order chi connectivity index (χ1) is 12.4. The van der Waals surface area contributed by atoms with Crippen molar-refractivity contribution in [2.24, 2.45) is 11.8 Å². The molecule has 0 bridgehead atoms. The van der Waals surface area contributed by atoms with Crippen LogP contribution >= 0.6 is 0 Å². The third-order valence-corrected chi connectivity index (χ3v) is 4.22. The molecule has 2 rings (SSSR count). The Kier molecular flexibility index (Phi) is 6.82. The number of carbonyl (C=O) groups excluding carboxylic acids is 2. The fourth-order valence-corrected chi connectivity index (χ4v) is 2.93. The van der Waals surface area contributed by atoms with E-state index < -0.39 is 17.9 Å². The van der Waals surface area contributed by atoms with Crippen molar-refractivity contribution in [3.63, 3.8) is 0 Å². The normalized spacial score (nSPS) is 19.5. The van der Waals surface area contributed by atoms with Gasteiger partial charge in [-0.15, -0.1) is 0 Å². The summed E-state index contributed by atoms with van der Waals surface area (Å²) in [6.07, 6.45) is 0.582. The summed E-state index contributed by atoms with van der Waals surface area (Å²) in [5, 5.41) is 12.0. The summed E-state index contributed by atoms with van der Waals surface area (Å²) < 4.78 is 9.83. The van der Waals surface area contributed by atoms with Crippen LogP contribution in [0.1, 0.15) is 18.9 Å². The Morgan fingerprint density at radius 2 is 2.08 bits per heavy atom. The number of nitrogens with zero attached hydrogens (tertiary/aromatic N) is 1. The van der Waals surface area contributed by atoms with Gasteiger partial charge in [0.05, 0.1) is 13.0 Å². The maximum absolute atomic E-state index is 12.4. The van der Waals surface area contributed by atoms with E-state index in [1.165, 1.54) is 7.11 Å². The zero-order valence-electron chi connectivity index (χ0n) is 14.9. The summed E-state index contributed by atoms with van der Waals surface area (Å²) in [4.78, 5) is 36.2. The maximum Gasteiger partial charge on any atom is 0.343 e. The molecule has 2 amide bonds. The van der Waals surface area contributed by atoms with E-state index in [9.17, 15) is 19.5 Å². The molecule has 2 atom stereocenters. The lowest BCUT2D eigenvalue weighted by Gasteiger charge is -2.34. The van der Waals surface area contributed by atoms with E-state index in [2.05, 4.69) is 10.1 Å². The van der Waals surface area contributed by atoms with E-state index in [4.69, 9.17) is 4.74 Å². The lowest BCUT2D eigenvalue weighted by atomic mass is 9.91. The Morgan fingerprint density at radius 3 is 2.77 bits per heavy atom. The molecule has 1 fully saturated rings. The summed E-state index contributed by atoms with van der Waals surface area (Å²) in [7, 11) is 1.29. The number of rotatable bonds is 6. The zero-order valence-corrected chi connectivity index (χ0v) is 14.9. The highest BCUT2D eigenvalue weighted by Gasteiger charge is 2.31. The molecule has 0 aliphatic carbocycles. The van der Waals surface area contributed by atoms with Crippen molar-refractivity contribution in [3.8, 4) is 5.75 Å². The highest BCUT2D eigenvalue weighted by Crippen LogP contribution is 2.22. The van der Waals surface area contributed by atoms with Crippen LogP contribution in [0, 0.1) is 11.8 Å². The van der Waals surface area contributed by atoms with Gasteiger partial charge in [-0.05, 0) is 30.0 Å². The summed E-state index contributed by atoms with van der Waals surface area (Å²) in [6, 6.07) is 6.73. The molecule has 2 unspecified atom stereocenters. The van der Waals surface area contributed by atoms with E-state index in [1.807, 2.05) is 13.0 Å². The van der Waals surface area contributed by atoms with Gasteiger partial charge in [-0.3, -0.25) is 4.79 Å². The van der Waals surface area contributed by atoms with E-state index in [-0.39, 0.29) is 31.6 Å². The van der Waals surface area contributed by atoms with Crippen LogP contribution in [-0.2, 0) is 20.9 Å². The minimum Gasteiger partial charge on any atom is -0.482 e. The van der Waals surface area contributed by atoms with Crippen LogP contribution in [0.15, 0.2) is 24.3 Å². The lowest BCUT2D eigenvalue weighted by Crippen LogP contribution is -2.49. The number of amides is 2. The van der Waals surface area contributed by atoms with Crippen molar-refractivity contribution in [2.75, 3.05) is 26.8 Å². The van der Waals surface area contributed by atoms with Crippen LogP contribution in [0.3, 0.4) is 0 Å². The van der Waals surface area contributed by atoms with Gasteiger partial charge in [-0.25, -0.2) is 9.59 Å². The van der Waals surface area contributed by atoms with Gasteiger partial charge in [0.15, 0.2) is 6.61 Å². The number of esters is 1. The number of urea groups is 1. The maximum atomic E-state index is 12.4. The number of carboxylic acid groups (broad SMARTS) is 1. The number of methoxy groups -OCH3 is 1. The van der Waals surface area contributed by atoms with E-state index >= 15 is 0 Å². The average Bonchev–Trinajstić information content (AvgIpc) is 2.63. The molecule has 26 heavy (non-hydrogen) atoms. The van der Waals surface area contributed by atoms with Crippen LogP contribution in [0.25, 0.3) is 0 Å². The Labute approximate surface area is 152 Å². The standard InChI is InChI=1S/C18H24N2O6/c1-12-6-14(17(22)23)10-20(9-12)18(24)19-8-13-4-3-5-15(7-13)26-11-16(21)25-2/h3-5,7,12,14H,6,8-11H2,1-2H3,(H,19,24)(H,22,23). The predicted octanol–water partition coefficient (Wildman–Crippen LogP) is 1.49. The molecule has 0 saturated carbocycles. The molecule has 8 heteroatoms. The minimum absolute atomic E-state index is 0.144. The second-order valence-electron chi connectivity index (χ2n) is 6.45. The molecular weight excluding hydrogens is 340 g/mol. The van der Waals surface area contributed by atoms with Crippen LogP contribution in [0.2, 0.25) is 0 Å². The van der Waals surface area contributed by atoms with Gasteiger partial charge in [0, 0.05) is 19.6 Å². The number of hydrogen-bond acceptors (Lipinski definition) is 5. The van der Waals surface area contributed by atoms with Gasteiger partial charge < -0.3 is 24.8 Å². The van der Waals surface area contributed by atoms with Crippen LogP contribution < -0.4 is 10.1 Å². The third kappa shape index (κ3) is 5.65. The van der Waals surface area contributed by atoms with E-state index in [0.717, 1.165) is 5.56 Å². The molecular formula is C18H24N2O6. The van der Waals surface area contributed by atoms with E-state index in [1.54, 1.807) is 23.1 Å². The van der Waals surface area contributed by atoms with E-state index in [0.29, 0.717) is 18.7 Å². The number of ether oxygens (including phenoxy) is 2. The van der Waals surface area contributed by atoms with Crippen molar-refractivity contribution in [2.45, 2.75) is 19.9 Å².